The number of halogens is 3. The molecule has 0 aliphatic rings. The number of anilines is 1. The van der Waals surface area contributed by atoms with E-state index in [2.05, 4.69) is 15.8 Å². The van der Waals surface area contributed by atoms with Gasteiger partial charge in [0, 0.05) is 7.05 Å². The van der Waals surface area contributed by atoms with Crippen LogP contribution in [0, 0.1) is 11.3 Å². The highest BCUT2D eigenvalue weighted by atomic mass is 32.1. The van der Waals surface area contributed by atoms with Gasteiger partial charge in [0.05, 0.1) is 0 Å². The van der Waals surface area contributed by atoms with E-state index in [1.165, 1.54) is 13.1 Å². The highest BCUT2D eigenvalue weighted by Gasteiger charge is 2.37. The van der Waals surface area contributed by atoms with E-state index in [9.17, 15) is 13.2 Å². The third-order valence-corrected chi connectivity index (χ3v) is 2.10. The molecule has 0 saturated heterocycles. The Morgan fingerprint density at radius 1 is 1.50 bits per heavy atom. The average molecular weight is 222 g/mol. The SMILES string of the molecule is CNNc1nc(C(F)(F)F)c(C#N)s1. The van der Waals surface area contributed by atoms with Gasteiger partial charge in [0.15, 0.2) is 10.8 Å². The highest BCUT2D eigenvalue weighted by Crippen LogP contribution is 2.35. The average Bonchev–Trinajstić information content (AvgIpc) is 2.47. The second-order valence-corrected chi connectivity index (χ2v) is 3.18. The molecular formula is C6H5F3N4S. The molecule has 0 unspecified atom stereocenters. The molecule has 0 aliphatic carbocycles. The fourth-order valence-corrected chi connectivity index (χ4v) is 1.54. The topological polar surface area (TPSA) is 60.7 Å². The molecule has 0 aromatic carbocycles. The Morgan fingerprint density at radius 3 is 2.50 bits per heavy atom. The van der Waals surface area contributed by atoms with Crippen molar-refractivity contribution < 1.29 is 13.2 Å². The van der Waals surface area contributed by atoms with Crippen LogP contribution in [0.1, 0.15) is 10.6 Å². The summed E-state index contributed by atoms with van der Waals surface area (Å²) in [4.78, 5) is 2.79. The molecule has 0 bridgehead atoms. The standard InChI is InChI=1S/C6H5F3N4S/c1-11-13-5-12-4(6(7,8)9)3(2-10)14-5/h11H,1H3,(H,12,13). The van der Waals surface area contributed by atoms with Gasteiger partial charge in [-0.1, -0.05) is 11.3 Å². The summed E-state index contributed by atoms with van der Waals surface area (Å²) in [6.07, 6.45) is -4.59. The molecule has 8 heteroatoms. The van der Waals surface area contributed by atoms with Gasteiger partial charge in [-0.3, -0.25) is 5.43 Å². The zero-order valence-electron chi connectivity index (χ0n) is 6.94. The first-order valence-corrected chi connectivity index (χ1v) is 4.21. The van der Waals surface area contributed by atoms with Crippen molar-refractivity contribution in [3.05, 3.63) is 10.6 Å². The normalized spacial score (nSPS) is 11.1. The summed E-state index contributed by atoms with van der Waals surface area (Å²) in [6.45, 7) is 0. The highest BCUT2D eigenvalue weighted by molar-refractivity contribution is 7.16. The second-order valence-electron chi connectivity index (χ2n) is 2.18. The number of rotatable bonds is 2. The number of hydrazine groups is 1. The number of nitrogens with one attached hydrogen (secondary N) is 2. The third-order valence-electron chi connectivity index (χ3n) is 1.23. The van der Waals surface area contributed by atoms with Gasteiger partial charge in [0.2, 0.25) is 0 Å². The largest absolute Gasteiger partial charge is 0.435 e. The minimum atomic E-state index is -4.59. The summed E-state index contributed by atoms with van der Waals surface area (Å²) in [5.41, 5.74) is 3.65. The smallest absolute Gasteiger partial charge is 0.297 e. The predicted molar refractivity (Wildman–Crippen MR) is 44.5 cm³/mol. The summed E-state index contributed by atoms with van der Waals surface area (Å²) in [5.74, 6) is 0. The lowest BCUT2D eigenvalue weighted by molar-refractivity contribution is -0.140. The molecule has 1 rings (SSSR count). The molecule has 4 nitrogen and oxygen atoms in total. The maximum Gasteiger partial charge on any atom is 0.435 e. The van der Waals surface area contributed by atoms with Crippen LogP contribution in [0.3, 0.4) is 0 Å². The Kier molecular flexibility index (Phi) is 2.93. The van der Waals surface area contributed by atoms with Gasteiger partial charge in [-0.2, -0.15) is 18.4 Å². The number of alkyl halides is 3. The van der Waals surface area contributed by atoms with Crippen LogP contribution in [0.4, 0.5) is 18.3 Å². The van der Waals surface area contributed by atoms with Crippen molar-refractivity contribution in [2.45, 2.75) is 6.18 Å². The Morgan fingerprint density at radius 2 is 2.14 bits per heavy atom. The lowest BCUT2D eigenvalue weighted by Gasteiger charge is -2.01. The van der Waals surface area contributed by atoms with Crippen molar-refractivity contribution in [1.82, 2.24) is 10.4 Å². The van der Waals surface area contributed by atoms with E-state index in [0.29, 0.717) is 11.3 Å². The van der Waals surface area contributed by atoms with Crippen LogP contribution in [0.2, 0.25) is 0 Å². The van der Waals surface area contributed by atoms with Crippen LogP contribution < -0.4 is 10.9 Å². The van der Waals surface area contributed by atoms with Crippen LogP contribution in [0.15, 0.2) is 0 Å². The summed E-state index contributed by atoms with van der Waals surface area (Å²) < 4.78 is 36.7. The molecule has 76 valence electrons. The van der Waals surface area contributed by atoms with Gasteiger partial charge in [-0.25, -0.2) is 10.4 Å². The number of thiazole rings is 1. The summed E-state index contributed by atoms with van der Waals surface area (Å²) >= 11 is 0.645. The van der Waals surface area contributed by atoms with Crippen molar-refractivity contribution in [2.24, 2.45) is 0 Å². The van der Waals surface area contributed by atoms with Crippen LogP contribution in [-0.2, 0) is 6.18 Å². The Labute approximate surface area is 81.3 Å². The van der Waals surface area contributed by atoms with Crippen molar-refractivity contribution in [3.8, 4) is 6.07 Å². The van der Waals surface area contributed by atoms with E-state index in [1.54, 1.807) is 0 Å². The lowest BCUT2D eigenvalue weighted by atomic mass is 10.4. The van der Waals surface area contributed by atoms with Gasteiger partial charge >= 0.3 is 6.18 Å². The van der Waals surface area contributed by atoms with E-state index in [0.717, 1.165) is 0 Å². The Hall–Kier alpha value is -1.33. The number of hydrogen-bond acceptors (Lipinski definition) is 5. The van der Waals surface area contributed by atoms with Crippen molar-refractivity contribution in [1.29, 1.82) is 5.26 Å². The summed E-state index contributed by atoms with van der Waals surface area (Å²) in [5, 5.41) is 8.45. The van der Waals surface area contributed by atoms with E-state index in [4.69, 9.17) is 5.26 Å². The minimum Gasteiger partial charge on any atom is -0.297 e. The third kappa shape index (κ3) is 2.12. The molecule has 14 heavy (non-hydrogen) atoms. The van der Waals surface area contributed by atoms with E-state index < -0.39 is 16.7 Å². The summed E-state index contributed by atoms with van der Waals surface area (Å²) in [6, 6.07) is 1.45. The van der Waals surface area contributed by atoms with E-state index in [-0.39, 0.29) is 5.13 Å². The molecule has 0 fully saturated rings. The van der Waals surface area contributed by atoms with Gasteiger partial charge in [-0.05, 0) is 0 Å². The monoisotopic (exact) mass is 222 g/mol. The maximum absolute atomic E-state index is 12.2. The van der Waals surface area contributed by atoms with E-state index in [1.807, 2.05) is 0 Å². The fourth-order valence-electron chi connectivity index (χ4n) is 0.748. The number of aromatic nitrogens is 1. The number of nitrogens with zero attached hydrogens (tertiary/aromatic N) is 2. The predicted octanol–water partition coefficient (Wildman–Crippen LogP) is 1.58. The fraction of sp³-hybridized carbons (Fsp3) is 0.333. The van der Waals surface area contributed by atoms with Crippen molar-refractivity contribution in [2.75, 3.05) is 12.5 Å². The minimum absolute atomic E-state index is 0.0105. The molecule has 1 aromatic rings. The van der Waals surface area contributed by atoms with Crippen molar-refractivity contribution in [3.63, 3.8) is 0 Å². The molecule has 0 amide bonds. The first kappa shape index (κ1) is 10.7. The van der Waals surface area contributed by atoms with E-state index >= 15 is 0 Å². The van der Waals surface area contributed by atoms with Gasteiger partial charge in [0.1, 0.15) is 10.9 Å². The first-order chi connectivity index (χ1) is 6.49. The van der Waals surface area contributed by atoms with Crippen LogP contribution in [0.25, 0.3) is 0 Å². The quantitative estimate of drug-likeness (QED) is 0.746. The molecule has 0 atom stereocenters. The second kappa shape index (κ2) is 3.81. The molecule has 0 spiro atoms. The molecule has 2 N–H and O–H groups in total. The van der Waals surface area contributed by atoms with Crippen LogP contribution in [-0.4, -0.2) is 12.0 Å². The van der Waals surface area contributed by atoms with Gasteiger partial charge in [-0.15, -0.1) is 0 Å². The maximum atomic E-state index is 12.2. The molecule has 0 saturated carbocycles. The van der Waals surface area contributed by atoms with Crippen LogP contribution >= 0.6 is 11.3 Å². The Bertz CT molecular complexity index is 364. The molecule has 1 aromatic heterocycles. The van der Waals surface area contributed by atoms with Gasteiger partial charge < -0.3 is 0 Å². The van der Waals surface area contributed by atoms with Gasteiger partial charge in [0.25, 0.3) is 0 Å². The zero-order valence-corrected chi connectivity index (χ0v) is 7.75. The molecule has 0 aliphatic heterocycles. The molecule has 1 heterocycles. The number of hydrogen-bond donors (Lipinski definition) is 2. The lowest BCUT2D eigenvalue weighted by Crippen LogP contribution is -2.15. The summed E-state index contributed by atoms with van der Waals surface area (Å²) in [7, 11) is 1.49. The molecule has 0 radical (unpaired) electrons. The van der Waals surface area contributed by atoms with Crippen molar-refractivity contribution >= 4 is 16.5 Å². The molecular weight excluding hydrogens is 217 g/mol. The first-order valence-electron chi connectivity index (χ1n) is 3.40. The van der Waals surface area contributed by atoms with Crippen LogP contribution in [0.5, 0.6) is 0 Å². The Balaban J connectivity index is 3.11. The zero-order chi connectivity index (χ0) is 10.8. The number of nitriles is 1.